The van der Waals surface area contributed by atoms with Gasteiger partial charge in [-0.2, -0.15) is 0 Å². The first-order valence-corrected chi connectivity index (χ1v) is 10.8. The Hall–Kier alpha value is -2.20. The molecule has 0 saturated carbocycles. The summed E-state index contributed by atoms with van der Waals surface area (Å²) >= 11 is 5.64. The van der Waals surface area contributed by atoms with E-state index in [-0.39, 0.29) is 0 Å². The van der Waals surface area contributed by atoms with E-state index >= 15 is 0 Å². The highest BCUT2D eigenvalue weighted by Crippen LogP contribution is 2.35. The minimum absolute atomic E-state index is 0.368. The summed E-state index contributed by atoms with van der Waals surface area (Å²) < 4.78 is 27.5. The van der Waals surface area contributed by atoms with Crippen molar-refractivity contribution >= 4 is 22.5 Å². The smallest absolute Gasteiger partial charge is 0.163 e. The molecule has 1 aromatic heterocycles. The van der Waals surface area contributed by atoms with Crippen LogP contribution in [0.2, 0.25) is 0 Å². The van der Waals surface area contributed by atoms with Gasteiger partial charge in [0.2, 0.25) is 0 Å². The first-order valence-electron chi connectivity index (χ1n) is 10.3. The number of alkyl halides is 1. The number of nitrogens with zero attached hydrogens (tertiary/aromatic N) is 1. The summed E-state index contributed by atoms with van der Waals surface area (Å²) in [5, 5.41) is 40.7. The first kappa shape index (κ1) is 23.0. The molecule has 0 amide bonds. The molecule has 0 aliphatic carbocycles. The lowest BCUT2D eigenvalue weighted by Crippen LogP contribution is -2.56. The number of rotatable bonds is 7. The predicted octanol–water partition coefficient (Wildman–Crippen LogP) is 1.96. The van der Waals surface area contributed by atoms with E-state index in [1.807, 2.05) is 24.3 Å². The molecule has 7 nitrogen and oxygen atoms in total. The Bertz CT molecular complexity index is 1060. The maximum atomic E-state index is 14.8. The van der Waals surface area contributed by atoms with E-state index in [0.717, 1.165) is 5.56 Å². The normalized spacial score (nSPS) is 25.9. The minimum atomic E-state index is -1.53. The van der Waals surface area contributed by atoms with Crippen LogP contribution in [-0.2, 0) is 11.2 Å². The van der Waals surface area contributed by atoms with Gasteiger partial charge in [0.05, 0.1) is 18.0 Å². The summed E-state index contributed by atoms with van der Waals surface area (Å²) in [5.41, 5.74) is 2.04. The number of benzene rings is 2. The van der Waals surface area contributed by atoms with Gasteiger partial charge in [-0.05, 0) is 41.8 Å². The van der Waals surface area contributed by atoms with Gasteiger partial charge in [-0.25, -0.2) is 4.39 Å². The van der Waals surface area contributed by atoms with E-state index in [4.69, 9.17) is 21.1 Å². The predicted molar refractivity (Wildman–Crippen MR) is 116 cm³/mol. The van der Waals surface area contributed by atoms with Crippen LogP contribution in [0.3, 0.4) is 0 Å². The third-order valence-corrected chi connectivity index (χ3v) is 5.85. The fourth-order valence-electron chi connectivity index (χ4n) is 4.08. The van der Waals surface area contributed by atoms with E-state index in [1.54, 1.807) is 18.3 Å². The van der Waals surface area contributed by atoms with Crippen molar-refractivity contribution in [3.05, 3.63) is 65.6 Å². The quantitative estimate of drug-likeness (QED) is 0.398. The van der Waals surface area contributed by atoms with Crippen molar-refractivity contribution < 1.29 is 34.3 Å². The summed E-state index contributed by atoms with van der Waals surface area (Å²) in [6.07, 6.45) is -4.58. The summed E-state index contributed by atoms with van der Waals surface area (Å²) in [4.78, 5) is 0. The van der Waals surface area contributed by atoms with Gasteiger partial charge in [-0.3, -0.25) is 0 Å². The topological polar surface area (TPSA) is 104 Å². The molecule has 9 heteroatoms. The largest absolute Gasteiger partial charge is 0.492 e. The highest BCUT2D eigenvalue weighted by atomic mass is 35.5. The Morgan fingerprint density at radius 2 is 1.78 bits per heavy atom. The first-order chi connectivity index (χ1) is 15.4. The van der Waals surface area contributed by atoms with E-state index in [9.17, 15) is 24.8 Å². The number of hydrogen-bond acceptors (Lipinski definition) is 6. The van der Waals surface area contributed by atoms with Gasteiger partial charge in [0, 0.05) is 11.6 Å². The minimum Gasteiger partial charge on any atom is -0.492 e. The van der Waals surface area contributed by atoms with E-state index in [2.05, 4.69) is 0 Å². The molecule has 1 aliphatic rings. The van der Waals surface area contributed by atoms with Crippen LogP contribution in [0, 0.1) is 5.82 Å². The van der Waals surface area contributed by atoms with Gasteiger partial charge < -0.3 is 34.5 Å². The highest BCUT2D eigenvalue weighted by molar-refractivity contribution is 6.18. The zero-order valence-corrected chi connectivity index (χ0v) is 17.9. The van der Waals surface area contributed by atoms with Crippen molar-refractivity contribution in [2.24, 2.45) is 0 Å². The zero-order valence-electron chi connectivity index (χ0n) is 17.1. The second kappa shape index (κ2) is 9.74. The van der Waals surface area contributed by atoms with Crippen LogP contribution in [0.5, 0.6) is 5.75 Å². The van der Waals surface area contributed by atoms with Crippen LogP contribution in [0.1, 0.15) is 17.4 Å². The molecule has 1 saturated heterocycles. The fourth-order valence-corrected chi connectivity index (χ4v) is 4.16. The molecule has 0 unspecified atom stereocenters. The lowest BCUT2D eigenvalue weighted by atomic mass is 9.98. The molecule has 4 rings (SSSR count). The van der Waals surface area contributed by atoms with Crippen LogP contribution in [-0.4, -0.2) is 68.5 Å². The molecule has 5 atom stereocenters. The molecular weight excluding hydrogens is 441 g/mol. The third-order valence-electron chi connectivity index (χ3n) is 5.69. The molecular formula is C23H25ClFNO6. The van der Waals surface area contributed by atoms with Gasteiger partial charge in [0.15, 0.2) is 6.23 Å². The number of hydrogen-bond donors (Lipinski definition) is 4. The third kappa shape index (κ3) is 4.34. The lowest BCUT2D eigenvalue weighted by Gasteiger charge is -2.40. The molecule has 32 heavy (non-hydrogen) atoms. The molecule has 2 heterocycles. The number of halogens is 2. The van der Waals surface area contributed by atoms with E-state index in [0.29, 0.717) is 41.1 Å². The van der Waals surface area contributed by atoms with Gasteiger partial charge in [0.25, 0.3) is 0 Å². The average molecular weight is 466 g/mol. The molecule has 1 fully saturated rings. The van der Waals surface area contributed by atoms with Gasteiger partial charge in [-0.15, -0.1) is 11.6 Å². The van der Waals surface area contributed by atoms with Crippen molar-refractivity contribution in [3.63, 3.8) is 0 Å². The van der Waals surface area contributed by atoms with Crippen molar-refractivity contribution in [1.82, 2.24) is 4.57 Å². The van der Waals surface area contributed by atoms with Crippen molar-refractivity contribution in [3.8, 4) is 5.75 Å². The monoisotopic (exact) mass is 465 g/mol. The molecule has 4 N–H and O–H groups in total. The number of aliphatic hydroxyl groups is 4. The van der Waals surface area contributed by atoms with Crippen LogP contribution in [0.25, 0.3) is 10.9 Å². The van der Waals surface area contributed by atoms with Gasteiger partial charge in [-0.1, -0.05) is 18.2 Å². The fraction of sp³-hybridized carbons (Fsp3) is 0.391. The standard InChI is InChI=1S/C23H25ClFNO6/c24-8-9-31-15-6-4-13(5-7-15)10-14-11-26(17-3-1-2-16(25)19(14)17)23-22(30)21(29)20(28)18(12-27)32-23/h1-7,11,18,20-23,27-30H,8-10,12H2/t18-,20-,21+,22-,23-/m1/s1. The van der Waals surface area contributed by atoms with Crippen LogP contribution in [0.4, 0.5) is 4.39 Å². The van der Waals surface area contributed by atoms with Crippen LogP contribution >= 0.6 is 11.6 Å². The second-order valence-corrected chi connectivity index (χ2v) is 8.15. The Kier molecular flexibility index (Phi) is 6.99. The number of fused-ring (bicyclic) bond motifs is 1. The molecule has 0 radical (unpaired) electrons. The molecule has 1 aliphatic heterocycles. The van der Waals surface area contributed by atoms with Gasteiger partial charge >= 0.3 is 0 Å². The number of aliphatic hydroxyl groups excluding tert-OH is 4. The Morgan fingerprint density at radius 1 is 1.03 bits per heavy atom. The summed E-state index contributed by atoms with van der Waals surface area (Å²) in [7, 11) is 0. The molecule has 0 spiro atoms. The Morgan fingerprint density at radius 3 is 2.47 bits per heavy atom. The average Bonchev–Trinajstić information content (AvgIpc) is 3.16. The molecule has 0 bridgehead atoms. The van der Waals surface area contributed by atoms with Crippen molar-refractivity contribution in [1.29, 1.82) is 0 Å². The zero-order chi connectivity index (χ0) is 22.8. The summed E-state index contributed by atoms with van der Waals surface area (Å²) in [5.74, 6) is 0.644. The Balaban J connectivity index is 1.69. The number of ether oxygens (including phenoxy) is 2. The van der Waals surface area contributed by atoms with Crippen LogP contribution in [0.15, 0.2) is 48.7 Å². The Labute approximate surface area is 189 Å². The van der Waals surface area contributed by atoms with Crippen molar-refractivity contribution in [2.75, 3.05) is 19.1 Å². The maximum absolute atomic E-state index is 14.8. The maximum Gasteiger partial charge on any atom is 0.163 e. The molecule has 3 aromatic rings. The van der Waals surface area contributed by atoms with E-state index < -0.39 is 43.1 Å². The number of aromatic nitrogens is 1. The van der Waals surface area contributed by atoms with Crippen LogP contribution < -0.4 is 4.74 Å². The summed E-state index contributed by atoms with van der Waals surface area (Å²) in [6.45, 7) is -0.140. The SMILES string of the molecule is OC[C@H]1O[C@@H](n2cc(Cc3ccc(OCCCl)cc3)c3c(F)cccc32)[C@H](O)[C@@H](O)[C@@H]1O. The molecule has 172 valence electrons. The summed E-state index contributed by atoms with van der Waals surface area (Å²) in [6, 6.07) is 12.0. The second-order valence-electron chi connectivity index (χ2n) is 7.77. The highest BCUT2D eigenvalue weighted by Gasteiger charge is 2.44. The van der Waals surface area contributed by atoms with E-state index in [1.165, 1.54) is 10.6 Å². The van der Waals surface area contributed by atoms with Crippen molar-refractivity contribution in [2.45, 2.75) is 37.1 Å². The van der Waals surface area contributed by atoms with Gasteiger partial charge in [0.1, 0.15) is 42.6 Å². The lowest BCUT2D eigenvalue weighted by molar-refractivity contribution is -0.250. The molecule has 2 aromatic carbocycles.